The van der Waals surface area contributed by atoms with Crippen molar-refractivity contribution in [2.45, 2.75) is 45.9 Å². The van der Waals surface area contributed by atoms with Crippen molar-refractivity contribution in [2.75, 3.05) is 0 Å². The second-order valence-electron chi connectivity index (χ2n) is 5.13. The van der Waals surface area contributed by atoms with Crippen LogP contribution in [0.1, 0.15) is 44.6 Å². The number of nitrogens with zero attached hydrogens (tertiary/aromatic N) is 1. The summed E-state index contributed by atoms with van der Waals surface area (Å²) < 4.78 is 5.71. The fourth-order valence-corrected chi connectivity index (χ4v) is 2.14. The summed E-state index contributed by atoms with van der Waals surface area (Å²) in [5.74, 6) is 1.91. The Bertz CT molecular complexity index is 508. The molecule has 2 rings (SSSR count). The van der Waals surface area contributed by atoms with Gasteiger partial charge in [-0.05, 0) is 38.0 Å². The Kier molecular flexibility index (Phi) is 5.18. The van der Waals surface area contributed by atoms with Gasteiger partial charge in [-0.2, -0.15) is 0 Å². The lowest BCUT2D eigenvalue weighted by Crippen LogP contribution is -2.21. The molecule has 0 saturated heterocycles. The smallest absolute Gasteiger partial charge is 0.123 e. The largest absolute Gasteiger partial charge is 0.491 e. The Morgan fingerprint density at radius 3 is 2.85 bits per heavy atom. The van der Waals surface area contributed by atoms with Gasteiger partial charge in [-0.15, -0.1) is 0 Å². The van der Waals surface area contributed by atoms with Gasteiger partial charge in [0.1, 0.15) is 11.6 Å². The molecular formula is C16H23N3O. The first-order valence-electron chi connectivity index (χ1n) is 7.17. The van der Waals surface area contributed by atoms with E-state index in [9.17, 15) is 0 Å². The fourth-order valence-electron chi connectivity index (χ4n) is 2.14. The van der Waals surface area contributed by atoms with Crippen LogP contribution in [0.25, 0.3) is 0 Å². The van der Waals surface area contributed by atoms with Crippen LogP contribution in [0.3, 0.4) is 0 Å². The van der Waals surface area contributed by atoms with E-state index in [-0.39, 0.29) is 12.1 Å². The first-order valence-corrected chi connectivity index (χ1v) is 7.17. The number of rotatable bonds is 7. The number of ether oxygens (including phenoxy) is 1. The zero-order valence-electron chi connectivity index (χ0n) is 12.4. The molecule has 0 aliphatic carbocycles. The number of H-pyrrole nitrogens is 1. The van der Waals surface area contributed by atoms with Gasteiger partial charge in [-0.3, -0.25) is 0 Å². The Hall–Kier alpha value is -1.81. The summed E-state index contributed by atoms with van der Waals surface area (Å²) >= 11 is 0. The highest BCUT2D eigenvalue weighted by Crippen LogP contribution is 2.17. The van der Waals surface area contributed by atoms with Crippen molar-refractivity contribution in [3.63, 3.8) is 0 Å². The molecule has 4 nitrogen and oxygen atoms in total. The van der Waals surface area contributed by atoms with Crippen LogP contribution in [0.4, 0.5) is 0 Å². The van der Waals surface area contributed by atoms with Crippen LogP contribution in [0.5, 0.6) is 5.75 Å². The SMILES string of the molecule is CCC(NCc1cccc(OC(C)C)c1)c1ncc[nH]1. The Morgan fingerprint density at radius 1 is 1.35 bits per heavy atom. The normalized spacial score (nSPS) is 12.6. The zero-order valence-corrected chi connectivity index (χ0v) is 12.4. The quantitative estimate of drug-likeness (QED) is 0.812. The lowest BCUT2D eigenvalue weighted by atomic mass is 10.1. The minimum Gasteiger partial charge on any atom is -0.491 e. The van der Waals surface area contributed by atoms with Crippen molar-refractivity contribution < 1.29 is 4.74 Å². The second-order valence-corrected chi connectivity index (χ2v) is 5.13. The van der Waals surface area contributed by atoms with Crippen LogP contribution in [-0.4, -0.2) is 16.1 Å². The Labute approximate surface area is 120 Å². The number of benzene rings is 1. The van der Waals surface area contributed by atoms with Gasteiger partial charge in [0, 0.05) is 18.9 Å². The van der Waals surface area contributed by atoms with E-state index in [4.69, 9.17) is 4.74 Å². The number of hydrogen-bond acceptors (Lipinski definition) is 3. The molecule has 1 unspecified atom stereocenters. The van der Waals surface area contributed by atoms with E-state index >= 15 is 0 Å². The van der Waals surface area contributed by atoms with Gasteiger partial charge in [0.2, 0.25) is 0 Å². The van der Waals surface area contributed by atoms with Gasteiger partial charge in [0.15, 0.2) is 0 Å². The molecular weight excluding hydrogens is 250 g/mol. The molecule has 0 bridgehead atoms. The first kappa shape index (κ1) is 14.6. The van der Waals surface area contributed by atoms with Crippen molar-refractivity contribution >= 4 is 0 Å². The van der Waals surface area contributed by atoms with Crippen LogP contribution < -0.4 is 10.1 Å². The number of imidazole rings is 1. The summed E-state index contributed by atoms with van der Waals surface area (Å²) in [6.07, 6.45) is 4.84. The predicted molar refractivity (Wildman–Crippen MR) is 80.7 cm³/mol. The third-order valence-corrected chi connectivity index (χ3v) is 3.08. The zero-order chi connectivity index (χ0) is 14.4. The van der Waals surface area contributed by atoms with Crippen LogP contribution in [0.15, 0.2) is 36.7 Å². The maximum Gasteiger partial charge on any atom is 0.123 e. The van der Waals surface area contributed by atoms with E-state index < -0.39 is 0 Å². The second kappa shape index (κ2) is 7.10. The van der Waals surface area contributed by atoms with Crippen molar-refractivity contribution in [2.24, 2.45) is 0 Å². The minimum atomic E-state index is 0.199. The van der Waals surface area contributed by atoms with E-state index in [2.05, 4.69) is 34.3 Å². The summed E-state index contributed by atoms with van der Waals surface area (Å²) in [5.41, 5.74) is 1.22. The topological polar surface area (TPSA) is 49.9 Å². The third-order valence-electron chi connectivity index (χ3n) is 3.08. The van der Waals surface area contributed by atoms with Crippen LogP contribution in [0, 0.1) is 0 Å². The van der Waals surface area contributed by atoms with Gasteiger partial charge < -0.3 is 15.0 Å². The molecule has 0 spiro atoms. The molecule has 1 aromatic carbocycles. The fraction of sp³-hybridized carbons (Fsp3) is 0.438. The van der Waals surface area contributed by atoms with Gasteiger partial charge in [-0.25, -0.2) is 4.98 Å². The number of aromatic amines is 1. The van der Waals surface area contributed by atoms with Crippen LogP contribution >= 0.6 is 0 Å². The predicted octanol–water partition coefficient (Wildman–Crippen LogP) is 3.44. The van der Waals surface area contributed by atoms with E-state index in [1.165, 1.54) is 5.56 Å². The average molecular weight is 273 g/mol. The van der Waals surface area contributed by atoms with Gasteiger partial charge in [0.25, 0.3) is 0 Å². The molecule has 108 valence electrons. The van der Waals surface area contributed by atoms with Gasteiger partial charge >= 0.3 is 0 Å². The minimum absolute atomic E-state index is 0.199. The lowest BCUT2D eigenvalue weighted by Gasteiger charge is -2.15. The van der Waals surface area contributed by atoms with E-state index in [0.717, 1.165) is 24.5 Å². The summed E-state index contributed by atoms with van der Waals surface area (Å²) in [5, 5.41) is 3.52. The standard InChI is InChI=1S/C16H23N3O/c1-4-15(16-17-8-9-18-16)19-11-13-6-5-7-14(10-13)20-12(2)3/h5-10,12,15,19H,4,11H2,1-3H3,(H,17,18). The molecule has 0 aliphatic rings. The molecule has 0 amide bonds. The van der Waals surface area contributed by atoms with E-state index in [0.29, 0.717) is 0 Å². The first-order chi connectivity index (χ1) is 9.69. The number of aromatic nitrogens is 2. The van der Waals surface area contributed by atoms with Crippen molar-refractivity contribution in [3.05, 3.63) is 48.0 Å². The van der Waals surface area contributed by atoms with Crippen molar-refractivity contribution in [3.8, 4) is 5.75 Å². The molecule has 0 aliphatic heterocycles. The molecule has 0 saturated carbocycles. The van der Waals surface area contributed by atoms with Crippen LogP contribution in [-0.2, 0) is 6.54 Å². The molecule has 4 heteroatoms. The summed E-state index contributed by atoms with van der Waals surface area (Å²) in [4.78, 5) is 7.48. The summed E-state index contributed by atoms with van der Waals surface area (Å²) in [6.45, 7) is 7.02. The average Bonchev–Trinajstić information content (AvgIpc) is 2.93. The monoisotopic (exact) mass is 273 g/mol. The molecule has 2 N–H and O–H groups in total. The van der Waals surface area contributed by atoms with E-state index in [1.54, 1.807) is 6.20 Å². The van der Waals surface area contributed by atoms with Crippen LogP contribution in [0.2, 0.25) is 0 Å². The summed E-state index contributed by atoms with van der Waals surface area (Å²) in [7, 11) is 0. The maximum atomic E-state index is 5.71. The lowest BCUT2D eigenvalue weighted by molar-refractivity contribution is 0.242. The molecule has 0 fully saturated rings. The highest BCUT2D eigenvalue weighted by Gasteiger charge is 2.10. The maximum absolute atomic E-state index is 5.71. The highest BCUT2D eigenvalue weighted by molar-refractivity contribution is 5.28. The highest BCUT2D eigenvalue weighted by atomic mass is 16.5. The molecule has 1 atom stereocenters. The van der Waals surface area contributed by atoms with E-state index in [1.807, 2.05) is 32.2 Å². The van der Waals surface area contributed by atoms with Gasteiger partial charge in [0.05, 0.1) is 12.1 Å². The molecule has 1 heterocycles. The number of nitrogens with one attached hydrogen (secondary N) is 2. The Morgan fingerprint density at radius 2 is 2.20 bits per heavy atom. The molecule has 1 aromatic heterocycles. The molecule has 0 radical (unpaired) electrons. The van der Waals surface area contributed by atoms with Crippen molar-refractivity contribution in [1.82, 2.24) is 15.3 Å². The number of hydrogen-bond donors (Lipinski definition) is 2. The summed E-state index contributed by atoms with van der Waals surface area (Å²) in [6, 6.07) is 8.46. The molecule has 20 heavy (non-hydrogen) atoms. The molecule has 2 aromatic rings. The third kappa shape index (κ3) is 4.10. The Balaban J connectivity index is 1.96. The van der Waals surface area contributed by atoms with Gasteiger partial charge in [-0.1, -0.05) is 19.1 Å². The van der Waals surface area contributed by atoms with Crippen molar-refractivity contribution in [1.29, 1.82) is 0 Å².